The van der Waals surface area contributed by atoms with Crippen LogP contribution in [0.1, 0.15) is 37.3 Å². The number of nitrogens with two attached hydrogens (primary N) is 1. The minimum Gasteiger partial charge on any atom is -0.508 e. The van der Waals surface area contributed by atoms with Gasteiger partial charge in [-0.1, -0.05) is 25.0 Å². The van der Waals surface area contributed by atoms with Crippen LogP contribution >= 0.6 is 0 Å². The number of nitrogens with zero attached hydrogens (tertiary/aromatic N) is 1. The number of nitrogens with one attached hydrogen (secondary N) is 1. The average molecular weight is 273 g/mol. The van der Waals surface area contributed by atoms with E-state index in [4.69, 9.17) is 5.73 Å². The number of rotatable bonds is 3. The molecule has 0 heterocycles. The van der Waals surface area contributed by atoms with E-state index in [2.05, 4.69) is 5.32 Å². The Morgan fingerprint density at radius 3 is 2.85 bits per heavy atom. The minimum atomic E-state index is -0.760. The molecule has 1 aromatic carbocycles. The van der Waals surface area contributed by atoms with Crippen LogP contribution in [0.2, 0.25) is 0 Å². The average Bonchev–Trinajstić information content (AvgIpc) is 2.45. The van der Waals surface area contributed by atoms with Gasteiger partial charge >= 0.3 is 0 Å². The number of nitriles is 1. The van der Waals surface area contributed by atoms with E-state index in [1.807, 2.05) is 6.07 Å². The summed E-state index contributed by atoms with van der Waals surface area (Å²) in [6.45, 7) is 0. The summed E-state index contributed by atoms with van der Waals surface area (Å²) < 4.78 is 0. The molecule has 1 saturated carbocycles. The summed E-state index contributed by atoms with van der Waals surface area (Å²) >= 11 is 0. The van der Waals surface area contributed by atoms with E-state index in [1.54, 1.807) is 12.1 Å². The Morgan fingerprint density at radius 2 is 2.20 bits per heavy atom. The molecule has 1 aromatic rings. The topological polar surface area (TPSA) is 99.1 Å². The summed E-state index contributed by atoms with van der Waals surface area (Å²) in [5.41, 5.74) is 6.55. The van der Waals surface area contributed by atoms with Crippen molar-refractivity contribution in [2.24, 2.45) is 11.7 Å². The zero-order valence-corrected chi connectivity index (χ0v) is 11.2. The van der Waals surface area contributed by atoms with E-state index in [-0.39, 0.29) is 23.6 Å². The summed E-state index contributed by atoms with van der Waals surface area (Å²) in [7, 11) is 0. The molecular formula is C15H19N3O2. The van der Waals surface area contributed by atoms with Gasteiger partial charge < -0.3 is 16.2 Å². The maximum Gasteiger partial charge on any atom is 0.225 e. The predicted molar refractivity (Wildman–Crippen MR) is 74.5 cm³/mol. The van der Waals surface area contributed by atoms with Crippen LogP contribution in [0.25, 0.3) is 0 Å². The number of hydrogen-bond acceptors (Lipinski definition) is 4. The molecule has 1 aliphatic carbocycles. The lowest BCUT2D eigenvalue weighted by atomic mass is 9.84. The molecule has 0 bridgehead atoms. The molecule has 0 aromatic heterocycles. The van der Waals surface area contributed by atoms with Gasteiger partial charge in [0.2, 0.25) is 5.91 Å². The fourth-order valence-corrected chi connectivity index (χ4v) is 2.63. The Morgan fingerprint density at radius 1 is 1.45 bits per heavy atom. The summed E-state index contributed by atoms with van der Waals surface area (Å²) in [5, 5.41) is 21.4. The summed E-state index contributed by atoms with van der Waals surface area (Å²) in [4.78, 5) is 12.2. The highest BCUT2D eigenvalue weighted by atomic mass is 16.3. The SMILES string of the molecule is N#C[C@@H](NC(=O)[C@@H]1CCCC[C@H]1N)c1cccc(O)c1. The molecule has 5 heteroatoms. The van der Waals surface area contributed by atoms with Crippen molar-refractivity contribution in [3.05, 3.63) is 29.8 Å². The highest BCUT2D eigenvalue weighted by molar-refractivity contribution is 5.80. The van der Waals surface area contributed by atoms with Crippen molar-refractivity contribution in [2.75, 3.05) is 0 Å². The molecule has 0 aliphatic heterocycles. The first kappa shape index (κ1) is 14.4. The molecule has 0 radical (unpaired) electrons. The number of phenols is 1. The zero-order valence-electron chi connectivity index (χ0n) is 11.2. The van der Waals surface area contributed by atoms with E-state index in [1.165, 1.54) is 12.1 Å². The normalized spacial score (nSPS) is 23.6. The fraction of sp³-hybridized carbons (Fsp3) is 0.467. The van der Waals surface area contributed by atoms with Crippen LogP contribution in [0, 0.1) is 17.2 Å². The van der Waals surface area contributed by atoms with Crippen LogP contribution in [-0.4, -0.2) is 17.1 Å². The van der Waals surface area contributed by atoms with Crippen molar-refractivity contribution in [3.8, 4) is 11.8 Å². The van der Waals surface area contributed by atoms with Gasteiger partial charge in [-0.3, -0.25) is 4.79 Å². The third kappa shape index (κ3) is 3.28. The molecule has 0 spiro atoms. The second-order valence-electron chi connectivity index (χ2n) is 5.22. The molecule has 5 nitrogen and oxygen atoms in total. The molecule has 1 fully saturated rings. The molecule has 106 valence electrons. The van der Waals surface area contributed by atoms with E-state index >= 15 is 0 Å². The zero-order chi connectivity index (χ0) is 14.5. The molecule has 0 saturated heterocycles. The number of amides is 1. The number of carbonyl (C=O) groups is 1. The first-order chi connectivity index (χ1) is 9.61. The lowest BCUT2D eigenvalue weighted by Crippen LogP contribution is -2.44. The van der Waals surface area contributed by atoms with Crippen LogP contribution in [0.5, 0.6) is 5.75 Å². The lowest BCUT2D eigenvalue weighted by molar-refractivity contribution is -0.126. The Balaban J connectivity index is 2.06. The Bertz CT molecular complexity index is 524. The lowest BCUT2D eigenvalue weighted by Gasteiger charge is -2.28. The Labute approximate surface area is 118 Å². The van der Waals surface area contributed by atoms with E-state index < -0.39 is 6.04 Å². The summed E-state index contributed by atoms with van der Waals surface area (Å²) in [6, 6.07) is 7.51. The summed E-state index contributed by atoms with van der Waals surface area (Å²) in [6.07, 6.45) is 3.67. The van der Waals surface area contributed by atoms with Crippen LogP contribution in [-0.2, 0) is 4.79 Å². The quantitative estimate of drug-likeness (QED) is 0.778. The van der Waals surface area contributed by atoms with Gasteiger partial charge in [-0.15, -0.1) is 0 Å². The monoisotopic (exact) mass is 273 g/mol. The van der Waals surface area contributed by atoms with Crippen molar-refractivity contribution < 1.29 is 9.90 Å². The van der Waals surface area contributed by atoms with Crippen molar-refractivity contribution in [1.82, 2.24) is 5.32 Å². The number of carbonyl (C=O) groups excluding carboxylic acids is 1. The van der Waals surface area contributed by atoms with Crippen LogP contribution in [0.15, 0.2) is 24.3 Å². The highest BCUT2D eigenvalue weighted by Crippen LogP contribution is 2.24. The molecule has 1 aliphatic rings. The van der Waals surface area contributed by atoms with Gasteiger partial charge in [0.05, 0.1) is 12.0 Å². The van der Waals surface area contributed by atoms with Crippen LogP contribution in [0.4, 0.5) is 0 Å². The van der Waals surface area contributed by atoms with Crippen LogP contribution < -0.4 is 11.1 Å². The van der Waals surface area contributed by atoms with E-state index in [0.717, 1.165) is 25.7 Å². The second-order valence-corrected chi connectivity index (χ2v) is 5.22. The largest absolute Gasteiger partial charge is 0.508 e. The van der Waals surface area contributed by atoms with Crippen molar-refractivity contribution >= 4 is 5.91 Å². The van der Waals surface area contributed by atoms with E-state index in [9.17, 15) is 15.2 Å². The number of aromatic hydroxyl groups is 1. The van der Waals surface area contributed by atoms with Gasteiger partial charge in [-0.25, -0.2) is 0 Å². The molecular weight excluding hydrogens is 254 g/mol. The Hall–Kier alpha value is -2.06. The molecule has 0 unspecified atom stereocenters. The van der Waals surface area contributed by atoms with Gasteiger partial charge in [0.25, 0.3) is 0 Å². The molecule has 2 rings (SSSR count). The standard InChI is InChI=1S/C15H19N3O2/c16-9-14(10-4-3-5-11(19)8-10)18-15(20)12-6-1-2-7-13(12)17/h3-5,8,12-14,19H,1-2,6-7,17H2,(H,18,20)/t12-,13-,14-/m1/s1. The molecule has 20 heavy (non-hydrogen) atoms. The maximum atomic E-state index is 12.2. The third-order valence-corrected chi connectivity index (χ3v) is 3.78. The van der Waals surface area contributed by atoms with Gasteiger partial charge in [-0.2, -0.15) is 5.26 Å². The first-order valence-corrected chi connectivity index (χ1v) is 6.86. The van der Waals surface area contributed by atoms with Crippen molar-refractivity contribution in [3.63, 3.8) is 0 Å². The van der Waals surface area contributed by atoms with Crippen LogP contribution in [0.3, 0.4) is 0 Å². The van der Waals surface area contributed by atoms with E-state index in [0.29, 0.717) is 5.56 Å². The number of benzene rings is 1. The van der Waals surface area contributed by atoms with Crippen molar-refractivity contribution in [2.45, 2.75) is 37.8 Å². The molecule has 3 atom stereocenters. The third-order valence-electron chi connectivity index (χ3n) is 3.78. The van der Waals surface area contributed by atoms with Gasteiger partial charge in [0, 0.05) is 6.04 Å². The number of phenolic OH excluding ortho intramolecular Hbond substituents is 1. The van der Waals surface area contributed by atoms with Crippen molar-refractivity contribution in [1.29, 1.82) is 5.26 Å². The minimum absolute atomic E-state index is 0.0753. The number of hydrogen-bond donors (Lipinski definition) is 3. The second kappa shape index (κ2) is 6.40. The predicted octanol–water partition coefficient (Wildman–Crippen LogP) is 1.59. The summed E-state index contributed by atoms with van der Waals surface area (Å²) in [5.74, 6) is -0.324. The fourth-order valence-electron chi connectivity index (χ4n) is 2.63. The smallest absolute Gasteiger partial charge is 0.225 e. The Kier molecular flexibility index (Phi) is 4.59. The maximum absolute atomic E-state index is 12.2. The van der Waals surface area contributed by atoms with Gasteiger partial charge in [0.15, 0.2) is 0 Å². The van der Waals surface area contributed by atoms with Gasteiger partial charge in [0.1, 0.15) is 11.8 Å². The highest BCUT2D eigenvalue weighted by Gasteiger charge is 2.29. The molecule has 4 N–H and O–H groups in total. The molecule has 1 amide bonds. The first-order valence-electron chi connectivity index (χ1n) is 6.86. The van der Waals surface area contributed by atoms with Gasteiger partial charge in [-0.05, 0) is 30.5 Å².